The van der Waals surface area contributed by atoms with Crippen LogP contribution in [0.25, 0.3) is 16.5 Å². The van der Waals surface area contributed by atoms with Crippen LogP contribution in [0, 0.1) is 5.92 Å². The van der Waals surface area contributed by atoms with Gasteiger partial charge >= 0.3 is 0 Å². The molecule has 4 atom stereocenters. The number of carbonyl (C=O) groups excluding carboxylic acids is 1. The molecular formula is C35H38N6O5Si. The summed E-state index contributed by atoms with van der Waals surface area (Å²) < 4.78 is 10.0. The molecule has 11 nitrogen and oxygen atoms in total. The van der Waals surface area contributed by atoms with E-state index in [4.69, 9.17) is 4.74 Å². The summed E-state index contributed by atoms with van der Waals surface area (Å²) in [6.07, 6.45) is 4.11. The van der Waals surface area contributed by atoms with Crippen molar-refractivity contribution in [1.29, 1.82) is 0 Å². The summed E-state index contributed by atoms with van der Waals surface area (Å²) in [6.45, 7) is 6.69. The van der Waals surface area contributed by atoms with Crippen LogP contribution in [-0.2, 0) is 34.6 Å². The van der Waals surface area contributed by atoms with Crippen molar-refractivity contribution in [2.45, 2.75) is 63.2 Å². The first-order chi connectivity index (χ1) is 22.6. The molecule has 2 aliphatic heterocycles. The highest BCUT2D eigenvalue weighted by Crippen LogP contribution is 2.59. The summed E-state index contributed by atoms with van der Waals surface area (Å²) in [4.78, 5) is 41.1. The number of carbonyl (C=O) groups is 1. The number of hydrogen-bond acceptors (Lipinski definition) is 8. The first-order valence-corrected chi connectivity index (χ1v) is 19.0. The fraction of sp³-hybridized carbons (Fsp3) is 0.343. The Labute approximate surface area is 273 Å². The Hall–Kier alpha value is -4.49. The lowest BCUT2D eigenvalue weighted by molar-refractivity contribution is -0.146. The molecule has 0 bridgehead atoms. The molecule has 7 rings (SSSR count). The predicted molar refractivity (Wildman–Crippen MR) is 180 cm³/mol. The number of aliphatic hydroxyl groups excluding tert-OH is 1. The minimum absolute atomic E-state index is 0.000691. The number of aryl methyl sites for hydroxylation is 1. The van der Waals surface area contributed by atoms with Crippen LogP contribution in [-0.4, -0.2) is 61.6 Å². The van der Waals surface area contributed by atoms with Crippen LogP contribution in [0.15, 0.2) is 90.0 Å². The second-order valence-corrected chi connectivity index (χ2v) is 17.1. The van der Waals surface area contributed by atoms with E-state index in [0.717, 1.165) is 22.2 Å². The Bertz CT molecular complexity index is 2000. The number of benzene rings is 3. The van der Waals surface area contributed by atoms with Gasteiger partial charge in [0.2, 0.25) is 0 Å². The minimum atomic E-state index is -2.80. The molecule has 5 aromatic rings. The van der Waals surface area contributed by atoms with Crippen molar-refractivity contribution < 1.29 is 19.4 Å². The first-order valence-electron chi connectivity index (χ1n) is 16.0. The summed E-state index contributed by atoms with van der Waals surface area (Å²) in [5, 5.41) is 23.3. The molecule has 242 valence electrons. The van der Waals surface area contributed by atoms with Crippen LogP contribution in [0.4, 0.5) is 5.69 Å². The fourth-order valence-corrected chi connectivity index (χ4v) is 10.2. The second-order valence-electron chi connectivity index (χ2n) is 13.1. The molecule has 0 saturated carbocycles. The van der Waals surface area contributed by atoms with Gasteiger partial charge in [-0.2, -0.15) is 9.78 Å². The summed E-state index contributed by atoms with van der Waals surface area (Å²) in [6, 6.07) is 22.7. The molecule has 1 saturated heterocycles. The highest BCUT2D eigenvalue weighted by atomic mass is 28.4. The summed E-state index contributed by atoms with van der Waals surface area (Å²) in [5.74, 6) is -0.411. The number of aromatic nitrogens is 5. The normalized spacial score (nSPS) is 22.4. The molecule has 1 spiro atoms. The predicted octanol–water partition coefficient (Wildman–Crippen LogP) is 3.95. The van der Waals surface area contributed by atoms with Gasteiger partial charge in [0.1, 0.15) is 0 Å². The molecule has 4 heterocycles. The number of hydrogen-bond donors (Lipinski definition) is 2. The molecule has 2 aliphatic rings. The third-order valence-corrected chi connectivity index (χ3v) is 12.2. The lowest BCUT2D eigenvalue weighted by Gasteiger charge is -2.32. The number of ether oxygens (including phenoxy) is 1. The molecule has 1 fully saturated rings. The first kappa shape index (κ1) is 31.1. The van der Waals surface area contributed by atoms with E-state index in [1.165, 1.54) is 4.68 Å². The van der Waals surface area contributed by atoms with Gasteiger partial charge in [-0.25, -0.2) is 0 Å². The van der Waals surface area contributed by atoms with Crippen LogP contribution < -0.4 is 10.5 Å². The highest BCUT2D eigenvalue weighted by Gasteiger charge is 2.66. The van der Waals surface area contributed by atoms with Crippen LogP contribution in [0.5, 0.6) is 0 Å². The van der Waals surface area contributed by atoms with E-state index in [1.54, 1.807) is 21.8 Å². The molecule has 0 aliphatic carbocycles. The van der Waals surface area contributed by atoms with Crippen molar-refractivity contribution in [2.24, 2.45) is 5.92 Å². The average Bonchev–Trinajstić information content (AvgIpc) is 3.71. The number of fused-ring (bicyclic) bond motifs is 3. The maximum atomic E-state index is 14.7. The Kier molecular flexibility index (Phi) is 7.91. The van der Waals surface area contributed by atoms with Crippen molar-refractivity contribution in [3.05, 3.63) is 112 Å². The molecule has 0 radical (unpaired) electrons. The number of anilines is 1. The SMILES string of the molecule is C[C@H]1[C@H]([Si](C)(C)O)[C@@H](CCn2cc(CCO)nn2)O[C@]12C(=O)N(Cc1ccc(-n3ncc4ccccc4c3=O)cc1)c1ccccc12. The maximum absolute atomic E-state index is 14.7. The fourth-order valence-electron chi connectivity index (χ4n) is 7.59. The standard InChI is InChI=1S/C35H38N6O5Si/c1-23-32(47(2,3)45)31(16-18-39-22-26(17-19-42)37-38-39)46-35(23)29-10-6-7-11-30(29)40(34(35)44)21-24-12-14-27(15-13-24)41-33(43)28-9-5-4-8-25(28)20-36-41/h4-15,20,22-23,31-32,42,45H,16-19,21H2,1-3H3/t23-,31+,32-,35+/m0/s1. The number of para-hydroxylation sites is 1. The third-order valence-electron chi connectivity index (χ3n) is 9.71. The lowest BCUT2D eigenvalue weighted by Crippen LogP contribution is -2.46. The van der Waals surface area contributed by atoms with E-state index >= 15 is 0 Å². The van der Waals surface area contributed by atoms with Crippen molar-refractivity contribution in [2.75, 3.05) is 11.5 Å². The molecular weight excluding hydrogens is 613 g/mol. The maximum Gasteiger partial charge on any atom is 0.279 e. The van der Waals surface area contributed by atoms with Crippen molar-refractivity contribution in [3.63, 3.8) is 0 Å². The zero-order valence-electron chi connectivity index (χ0n) is 26.7. The largest absolute Gasteiger partial charge is 0.432 e. The Balaban J connectivity index is 1.17. The van der Waals surface area contributed by atoms with Crippen molar-refractivity contribution in [3.8, 4) is 5.69 Å². The van der Waals surface area contributed by atoms with E-state index < -0.39 is 13.9 Å². The average molecular weight is 651 g/mol. The van der Waals surface area contributed by atoms with Gasteiger partial charge < -0.3 is 19.5 Å². The quantitative estimate of drug-likeness (QED) is 0.229. The van der Waals surface area contributed by atoms with Gasteiger partial charge in [0, 0.05) is 48.2 Å². The van der Waals surface area contributed by atoms with E-state index in [-0.39, 0.29) is 35.6 Å². The minimum Gasteiger partial charge on any atom is -0.432 e. The Morgan fingerprint density at radius 1 is 1.00 bits per heavy atom. The van der Waals surface area contributed by atoms with Gasteiger partial charge in [0.15, 0.2) is 13.9 Å². The Morgan fingerprint density at radius 2 is 1.74 bits per heavy atom. The van der Waals surface area contributed by atoms with Gasteiger partial charge in [0.25, 0.3) is 11.5 Å². The number of rotatable bonds is 9. The van der Waals surface area contributed by atoms with Gasteiger partial charge in [-0.05, 0) is 49.3 Å². The molecule has 12 heteroatoms. The van der Waals surface area contributed by atoms with Gasteiger partial charge in [0.05, 0.1) is 41.3 Å². The van der Waals surface area contributed by atoms with E-state index in [2.05, 4.69) is 15.4 Å². The summed E-state index contributed by atoms with van der Waals surface area (Å²) in [7, 11) is -2.80. The van der Waals surface area contributed by atoms with Crippen LogP contribution in [0.2, 0.25) is 18.6 Å². The zero-order valence-corrected chi connectivity index (χ0v) is 27.7. The van der Waals surface area contributed by atoms with Crippen molar-refractivity contribution >= 4 is 30.7 Å². The zero-order chi connectivity index (χ0) is 32.9. The van der Waals surface area contributed by atoms with Crippen molar-refractivity contribution in [1.82, 2.24) is 24.8 Å². The molecule has 3 aromatic carbocycles. The highest BCUT2D eigenvalue weighted by molar-refractivity contribution is 6.71. The molecule has 0 unspecified atom stereocenters. The molecule has 2 aromatic heterocycles. The van der Waals surface area contributed by atoms with Gasteiger partial charge in [-0.1, -0.05) is 60.7 Å². The summed E-state index contributed by atoms with van der Waals surface area (Å²) >= 11 is 0. The number of nitrogens with zero attached hydrogens (tertiary/aromatic N) is 6. The molecule has 1 amide bonds. The van der Waals surface area contributed by atoms with E-state index in [0.29, 0.717) is 42.7 Å². The lowest BCUT2D eigenvalue weighted by atomic mass is 9.82. The van der Waals surface area contributed by atoms with Crippen LogP contribution >= 0.6 is 0 Å². The molecule has 47 heavy (non-hydrogen) atoms. The van der Waals surface area contributed by atoms with Gasteiger partial charge in [-0.15, -0.1) is 5.10 Å². The Morgan fingerprint density at radius 3 is 2.51 bits per heavy atom. The van der Waals surface area contributed by atoms with Gasteiger partial charge in [-0.3, -0.25) is 14.3 Å². The number of amides is 1. The van der Waals surface area contributed by atoms with E-state index in [9.17, 15) is 19.5 Å². The molecule has 2 N–H and O–H groups in total. The second kappa shape index (κ2) is 11.9. The topological polar surface area (TPSA) is 136 Å². The van der Waals surface area contributed by atoms with Crippen LogP contribution in [0.1, 0.15) is 30.2 Å². The third kappa shape index (κ3) is 5.31. The monoisotopic (exact) mass is 650 g/mol. The van der Waals surface area contributed by atoms with E-state index in [1.807, 2.05) is 92.9 Å². The van der Waals surface area contributed by atoms with Crippen LogP contribution in [0.3, 0.4) is 0 Å². The summed E-state index contributed by atoms with van der Waals surface area (Å²) in [5.41, 5.74) is 2.23. The number of aliphatic hydroxyl groups is 1. The smallest absolute Gasteiger partial charge is 0.279 e.